The van der Waals surface area contributed by atoms with Crippen molar-refractivity contribution in [1.82, 2.24) is 19.5 Å². The zero-order valence-corrected chi connectivity index (χ0v) is 28.0. The van der Waals surface area contributed by atoms with Crippen molar-refractivity contribution in [2.45, 2.75) is 0 Å². The van der Waals surface area contributed by atoms with Gasteiger partial charge in [0, 0.05) is 45.0 Å². The van der Waals surface area contributed by atoms with E-state index in [9.17, 15) is 0 Å². The molecule has 0 aliphatic rings. The van der Waals surface area contributed by atoms with Crippen LogP contribution >= 0.6 is 0 Å². The lowest BCUT2D eigenvalue weighted by Gasteiger charge is -2.25. The van der Waals surface area contributed by atoms with Crippen LogP contribution in [0.3, 0.4) is 0 Å². The molecule has 4 aromatic heterocycles. The number of para-hydroxylation sites is 3. The Kier molecular flexibility index (Phi) is 6.38. The third-order valence-electron chi connectivity index (χ3n) is 9.69. The lowest BCUT2D eigenvalue weighted by molar-refractivity contribution is 0.574. The summed E-state index contributed by atoms with van der Waals surface area (Å²) in [6.07, 6.45) is 0. The molecule has 0 unspecified atom stereocenters. The van der Waals surface area contributed by atoms with E-state index in [1.165, 1.54) is 0 Å². The van der Waals surface area contributed by atoms with Gasteiger partial charge in [0.2, 0.25) is 11.8 Å². The van der Waals surface area contributed by atoms with Crippen LogP contribution in [0.25, 0.3) is 84.0 Å². The van der Waals surface area contributed by atoms with E-state index in [4.69, 9.17) is 28.2 Å². The topological polar surface area (TPSA) is 86.3 Å². The number of fused-ring (bicyclic) bond motifs is 6. The zero-order chi connectivity index (χ0) is 34.9. The Morgan fingerprint density at radius 3 is 1.77 bits per heavy atom. The minimum atomic E-state index is 0.503. The molecule has 8 nitrogen and oxygen atoms in total. The molecule has 0 N–H and O–H groups in total. The summed E-state index contributed by atoms with van der Waals surface area (Å²) in [7, 11) is 0. The number of aromatic nitrogens is 4. The van der Waals surface area contributed by atoms with Crippen LogP contribution in [0.1, 0.15) is 0 Å². The van der Waals surface area contributed by atoms with Gasteiger partial charge in [-0.15, -0.1) is 0 Å². The molecule has 0 aliphatic carbocycles. The maximum Gasteiger partial charge on any atom is 0.307 e. The maximum absolute atomic E-state index is 6.34. The van der Waals surface area contributed by atoms with Gasteiger partial charge in [0.25, 0.3) is 0 Å². The van der Waals surface area contributed by atoms with E-state index >= 15 is 0 Å². The molecule has 0 atom stereocenters. The molecule has 0 radical (unpaired) electrons. The van der Waals surface area contributed by atoms with Crippen LogP contribution in [0.5, 0.6) is 0 Å². The predicted molar refractivity (Wildman–Crippen MR) is 209 cm³/mol. The number of hydrogen-bond donors (Lipinski definition) is 0. The van der Waals surface area contributed by atoms with Gasteiger partial charge in [-0.05, 0) is 84.9 Å². The molecule has 11 aromatic rings. The summed E-state index contributed by atoms with van der Waals surface area (Å²) < 4.78 is 21.0. The molecule has 0 saturated carbocycles. The number of hydrogen-bond acceptors (Lipinski definition) is 7. The molecule has 0 spiro atoms. The molecule has 0 saturated heterocycles. The summed E-state index contributed by atoms with van der Waals surface area (Å²) in [5.41, 5.74) is 11.0. The quantitative estimate of drug-likeness (QED) is 0.172. The van der Waals surface area contributed by atoms with Gasteiger partial charge < -0.3 is 18.2 Å². The highest BCUT2D eigenvalue weighted by atomic mass is 16.4. The van der Waals surface area contributed by atoms with Crippen molar-refractivity contribution in [3.8, 4) is 28.9 Å². The average Bonchev–Trinajstić information content (AvgIpc) is 4.01. The highest BCUT2D eigenvalue weighted by Crippen LogP contribution is 2.39. The van der Waals surface area contributed by atoms with E-state index < -0.39 is 0 Å². The van der Waals surface area contributed by atoms with Crippen LogP contribution in [0, 0.1) is 0 Å². The Bertz CT molecular complexity index is 3090. The van der Waals surface area contributed by atoms with Gasteiger partial charge in [-0.3, -0.25) is 4.57 Å². The van der Waals surface area contributed by atoms with Crippen LogP contribution in [0.15, 0.2) is 177 Å². The Hall–Kier alpha value is -7.45. The second-order valence-corrected chi connectivity index (χ2v) is 12.9. The smallest absolute Gasteiger partial charge is 0.307 e. The fourth-order valence-corrected chi connectivity index (χ4v) is 7.23. The van der Waals surface area contributed by atoms with Crippen LogP contribution in [0.2, 0.25) is 0 Å². The number of rotatable bonds is 6. The van der Waals surface area contributed by atoms with Gasteiger partial charge in [-0.25, -0.2) is 9.97 Å². The Balaban J connectivity index is 0.973. The monoisotopic (exact) mass is 685 g/mol. The Morgan fingerprint density at radius 1 is 0.396 bits per heavy atom. The van der Waals surface area contributed by atoms with Crippen molar-refractivity contribution in [1.29, 1.82) is 0 Å². The minimum absolute atomic E-state index is 0.503. The summed E-state index contributed by atoms with van der Waals surface area (Å²) in [6, 6.07) is 55.3. The van der Waals surface area contributed by atoms with Crippen molar-refractivity contribution >= 4 is 72.2 Å². The standard InChI is InChI=1S/C45H27N5O3/c1-3-11-28(12-4-1)43-46-35-22-20-32(27-42(35)52-43)49(30-13-5-2-6-14-30)31-21-24-40-37(26-31)47-44(51-40)29-19-23-41-36(25-29)48-45(53-41)50-38-17-9-7-15-33(38)34-16-8-10-18-39(34)50/h1-27H. The van der Waals surface area contributed by atoms with Gasteiger partial charge in [0.05, 0.1) is 11.0 Å². The highest BCUT2D eigenvalue weighted by Gasteiger charge is 2.20. The first-order valence-electron chi connectivity index (χ1n) is 17.3. The van der Waals surface area contributed by atoms with Crippen molar-refractivity contribution in [2.24, 2.45) is 0 Å². The number of nitrogens with zero attached hydrogens (tertiary/aromatic N) is 5. The Labute approximate surface area is 301 Å². The molecule has 250 valence electrons. The molecule has 53 heavy (non-hydrogen) atoms. The highest BCUT2D eigenvalue weighted by molar-refractivity contribution is 6.09. The third-order valence-corrected chi connectivity index (χ3v) is 9.69. The zero-order valence-electron chi connectivity index (χ0n) is 28.0. The largest absolute Gasteiger partial charge is 0.436 e. The van der Waals surface area contributed by atoms with Crippen molar-refractivity contribution in [3.63, 3.8) is 0 Å². The van der Waals surface area contributed by atoms with Crippen LogP contribution < -0.4 is 4.90 Å². The minimum Gasteiger partial charge on any atom is -0.436 e. The van der Waals surface area contributed by atoms with Gasteiger partial charge in [-0.1, -0.05) is 72.8 Å². The van der Waals surface area contributed by atoms with E-state index in [-0.39, 0.29) is 0 Å². The molecule has 7 aromatic carbocycles. The van der Waals surface area contributed by atoms with Gasteiger partial charge in [0.1, 0.15) is 16.6 Å². The normalized spacial score (nSPS) is 11.8. The first-order valence-corrected chi connectivity index (χ1v) is 17.3. The predicted octanol–water partition coefficient (Wildman–Crippen LogP) is 12.0. The molecule has 0 fully saturated rings. The van der Waals surface area contributed by atoms with Gasteiger partial charge >= 0.3 is 6.01 Å². The first kappa shape index (κ1) is 29.3. The fourth-order valence-electron chi connectivity index (χ4n) is 7.23. The number of oxazole rings is 3. The van der Waals surface area contributed by atoms with E-state index in [0.717, 1.165) is 66.5 Å². The summed E-state index contributed by atoms with van der Waals surface area (Å²) in [5.74, 6) is 1.09. The summed E-state index contributed by atoms with van der Waals surface area (Å²) in [6.45, 7) is 0. The molecular weight excluding hydrogens is 659 g/mol. The van der Waals surface area contributed by atoms with E-state index in [0.29, 0.717) is 34.5 Å². The second kappa shape index (κ2) is 11.5. The maximum atomic E-state index is 6.34. The van der Waals surface area contributed by atoms with Crippen LogP contribution in [-0.4, -0.2) is 19.5 Å². The van der Waals surface area contributed by atoms with E-state index in [1.807, 2.05) is 109 Å². The van der Waals surface area contributed by atoms with Crippen molar-refractivity contribution in [3.05, 3.63) is 164 Å². The lowest BCUT2D eigenvalue weighted by Crippen LogP contribution is -2.09. The molecule has 0 bridgehead atoms. The van der Waals surface area contributed by atoms with Crippen LogP contribution in [0.4, 0.5) is 17.1 Å². The molecule has 11 rings (SSSR count). The third kappa shape index (κ3) is 4.81. The van der Waals surface area contributed by atoms with E-state index in [2.05, 4.69) is 64.1 Å². The Morgan fingerprint density at radius 2 is 0.981 bits per heavy atom. The molecule has 8 heteroatoms. The number of benzene rings is 7. The summed E-state index contributed by atoms with van der Waals surface area (Å²) in [5, 5.41) is 2.30. The van der Waals surface area contributed by atoms with Gasteiger partial charge in [0.15, 0.2) is 16.7 Å². The molecular formula is C45H27N5O3. The molecule has 4 heterocycles. The van der Waals surface area contributed by atoms with Crippen molar-refractivity contribution < 1.29 is 13.3 Å². The number of anilines is 3. The summed E-state index contributed by atoms with van der Waals surface area (Å²) >= 11 is 0. The van der Waals surface area contributed by atoms with Crippen molar-refractivity contribution in [2.75, 3.05) is 4.90 Å². The van der Waals surface area contributed by atoms with E-state index in [1.54, 1.807) is 0 Å². The SMILES string of the molecule is c1ccc(-c2nc3ccc(N(c4ccccc4)c4ccc5oc(-c6ccc7oc(-n8c9ccccc9c9ccccc98)nc7c6)nc5c4)cc3o2)cc1. The first-order chi connectivity index (χ1) is 26.2. The second-order valence-electron chi connectivity index (χ2n) is 12.9. The van der Waals surface area contributed by atoms with Gasteiger partial charge in [-0.2, -0.15) is 4.98 Å². The van der Waals surface area contributed by atoms with Crippen LogP contribution in [-0.2, 0) is 0 Å². The summed E-state index contributed by atoms with van der Waals surface area (Å²) in [4.78, 5) is 16.8. The lowest BCUT2D eigenvalue weighted by atomic mass is 10.1. The molecule has 0 amide bonds. The molecule has 0 aliphatic heterocycles. The average molecular weight is 686 g/mol. The fraction of sp³-hybridized carbons (Fsp3) is 0.